The second-order valence-corrected chi connectivity index (χ2v) is 6.05. The molecule has 2 N–H and O–H groups in total. The van der Waals surface area contributed by atoms with Gasteiger partial charge in [-0.25, -0.2) is 4.79 Å². The fourth-order valence-corrected chi connectivity index (χ4v) is 3.66. The number of carbonyl (C=O) groups is 1. The Kier molecular flexibility index (Phi) is 2.77. The number of halogens is 1. The number of amides is 2. The van der Waals surface area contributed by atoms with Gasteiger partial charge >= 0.3 is 6.03 Å². The number of carbonyl (C=O) groups excluding carboxylic acids is 1. The maximum atomic E-state index is 11.8. The molecule has 0 saturated heterocycles. The van der Waals surface area contributed by atoms with E-state index >= 15 is 0 Å². The first kappa shape index (κ1) is 11.3. The lowest BCUT2D eigenvalue weighted by Gasteiger charge is -2.42. The summed E-state index contributed by atoms with van der Waals surface area (Å²) >= 11 is 2.29. The predicted octanol–water partition coefficient (Wildman–Crippen LogP) is 3.59. The van der Waals surface area contributed by atoms with Gasteiger partial charge in [-0.3, -0.25) is 0 Å². The Hall–Kier alpha value is -0.780. The quantitative estimate of drug-likeness (QED) is 0.695. The van der Waals surface area contributed by atoms with E-state index in [1.54, 1.807) is 0 Å². The first-order valence-corrected chi connectivity index (χ1v) is 7.17. The number of hydrogen-bond donors (Lipinski definition) is 2. The Morgan fingerprint density at radius 3 is 2.71 bits per heavy atom. The zero-order valence-corrected chi connectivity index (χ0v) is 11.7. The summed E-state index contributed by atoms with van der Waals surface area (Å²) < 4.78 is 1.12. The monoisotopic (exact) mass is 342 g/mol. The van der Waals surface area contributed by atoms with Gasteiger partial charge in [-0.15, -0.1) is 0 Å². The van der Waals surface area contributed by atoms with E-state index in [1.165, 1.54) is 24.8 Å². The molecule has 0 bridgehead atoms. The number of urea groups is 1. The Labute approximate surface area is 114 Å². The molecule has 0 aromatic heterocycles. The van der Waals surface area contributed by atoms with Crippen molar-refractivity contribution >= 4 is 34.3 Å². The van der Waals surface area contributed by atoms with E-state index in [0.717, 1.165) is 22.1 Å². The number of rotatable bonds is 0. The van der Waals surface area contributed by atoms with Crippen molar-refractivity contribution in [3.8, 4) is 0 Å². The third kappa shape index (κ3) is 1.82. The van der Waals surface area contributed by atoms with Crippen LogP contribution in [0.25, 0.3) is 0 Å². The lowest BCUT2D eigenvalue weighted by Crippen LogP contribution is -2.52. The fourth-order valence-electron chi connectivity index (χ4n) is 3.03. The van der Waals surface area contributed by atoms with E-state index in [1.807, 2.05) is 6.07 Å². The summed E-state index contributed by atoms with van der Waals surface area (Å²) in [6.45, 7) is 0. The number of para-hydroxylation sites is 1. The summed E-state index contributed by atoms with van der Waals surface area (Å²) in [5, 5.41) is 6.10. The Morgan fingerprint density at radius 1 is 1.18 bits per heavy atom. The smallest absolute Gasteiger partial charge is 0.319 e. The molecule has 17 heavy (non-hydrogen) atoms. The van der Waals surface area contributed by atoms with Crippen LogP contribution in [0, 0.1) is 3.57 Å². The zero-order chi connectivity index (χ0) is 11.9. The summed E-state index contributed by atoms with van der Waals surface area (Å²) in [5.41, 5.74) is 2.17. The molecule has 1 aliphatic heterocycles. The minimum Gasteiger partial charge on any atom is -0.328 e. The molecular formula is C13H15IN2O. The van der Waals surface area contributed by atoms with Crippen LogP contribution in [0.15, 0.2) is 18.2 Å². The van der Waals surface area contributed by atoms with Crippen molar-refractivity contribution in [1.82, 2.24) is 5.32 Å². The summed E-state index contributed by atoms with van der Waals surface area (Å²) in [4.78, 5) is 11.8. The summed E-state index contributed by atoms with van der Waals surface area (Å²) in [5.74, 6) is 0. The highest BCUT2D eigenvalue weighted by atomic mass is 127. The SMILES string of the molecule is O=C1Nc2c(I)cccc2C2(CCCCC2)N1. The maximum Gasteiger partial charge on any atom is 0.319 e. The number of hydrogen-bond acceptors (Lipinski definition) is 1. The van der Waals surface area contributed by atoms with Crippen LogP contribution in [0.1, 0.15) is 37.7 Å². The van der Waals surface area contributed by atoms with E-state index in [-0.39, 0.29) is 11.6 Å². The molecule has 0 unspecified atom stereocenters. The van der Waals surface area contributed by atoms with Gasteiger partial charge in [0.15, 0.2) is 0 Å². The highest BCUT2D eigenvalue weighted by molar-refractivity contribution is 14.1. The van der Waals surface area contributed by atoms with Crippen molar-refractivity contribution in [2.45, 2.75) is 37.6 Å². The Balaban J connectivity index is 2.13. The highest BCUT2D eigenvalue weighted by Crippen LogP contribution is 2.43. The topological polar surface area (TPSA) is 41.1 Å². The minimum atomic E-state index is -0.114. The van der Waals surface area contributed by atoms with Gasteiger partial charge in [-0.2, -0.15) is 0 Å². The lowest BCUT2D eigenvalue weighted by atomic mass is 9.75. The van der Waals surface area contributed by atoms with Crippen LogP contribution in [-0.4, -0.2) is 6.03 Å². The van der Waals surface area contributed by atoms with Crippen molar-refractivity contribution in [3.05, 3.63) is 27.3 Å². The Morgan fingerprint density at radius 2 is 1.94 bits per heavy atom. The maximum absolute atomic E-state index is 11.8. The number of nitrogens with one attached hydrogen (secondary N) is 2. The van der Waals surface area contributed by atoms with E-state index in [4.69, 9.17) is 0 Å². The molecule has 0 atom stereocenters. The molecule has 3 rings (SSSR count). The molecule has 1 saturated carbocycles. The number of anilines is 1. The average molecular weight is 342 g/mol. The van der Waals surface area contributed by atoms with Crippen molar-refractivity contribution < 1.29 is 4.79 Å². The Bertz CT molecular complexity index is 466. The molecule has 2 amide bonds. The van der Waals surface area contributed by atoms with E-state index in [9.17, 15) is 4.79 Å². The number of benzene rings is 1. The predicted molar refractivity (Wildman–Crippen MR) is 76.1 cm³/mol. The first-order chi connectivity index (χ1) is 8.21. The lowest BCUT2D eigenvalue weighted by molar-refractivity contribution is 0.208. The standard InChI is InChI=1S/C13H15IN2O/c14-10-6-4-5-9-11(10)15-12(17)16-13(9)7-2-1-3-8-13/h4-6H,1-3,7-8H2,(H2,15,16,17). The molecule has 1 heterocycles. The molecule has 1 aromatic rings. The van der Waals surface area contributed by atoms with Gasteiger partial charge < -0.3 is 10.6 Å². The molecule has 90 valence electrons. The van der Waals surface area contributed by atoms with Crippen LogP contribution < -0.4 is 10.6 Å². The summed E-state index contributed by atoms with van der Waals surface area (Å²) in [6, 6.07) is 6.22. The molecule has 3 nitrogen and oxygen atoms in total. The third-order valence-corrected chi connectivity index (χ3v) is 4.73. The van der Waals surface area contributed by atoms with Gasteiger partial charge in [0.1, 0.15) is 0 Å². The molecule has 4 heteroatoms. The number of fused-ring (bicyclic) bond motifs is 2. The van der Waals surface area contributed by atoms with Gasteiger partial charge in [-0.1, -0.05) is 31.4 Å². The molecule has 0 radical (unpaired) electrons. The van der Waals surface area contributed by atoms with E-state index in [0.29, 0.717) is 0 Å². The van der Waals surface area contributed by atoms with Crippen molar-refractivity contribution in [3.63, 3.8) is 0 Å². The second-order valence-electron chi connectivity index (χ2n) is 4.88. The van der Waals surface area contributed by atoms with Crippen molar-refractivity contribution in [2.75, 3.05) is 5.32 Å². The van der Waals surface area contributed by atoms with Crippen molar-refractivity contribution in [2.24, 2.45) is 0 Å². The van der Waals surface area contributed by atoms with Crippen LogP contribution in [0.3, 0.4) is 0 Å². The molecule has 1 spiro atoms. The van der Waals surface area contributed by atoms with Crippen LogP contribution in [0.5, 0.6) is 0 Å². The molecule has 2 aliphatic rings. The average Bonchev–Trinajstić information content (AvgIpc) is 2.32. The molecular weight excluding hydrogens is 327 g/mol. The zero-order valence-electron chi connectivity index (χ0n) is 9.55. The third-order valence-electron chi connectivity index (χ3n) is 3.83. The first-order valence-electron chi connectivity index (χ1n) is 6.09. The van der Waals surface area contributed by atoms with Gasteiger partial charge in [-0.05, 0) is 41.5 Å². The summed E-state index contributed by atoms with van der Waals surface area (Å²) in [6.07, 6.45) is 5.81. The van der Waals surface area contributed by atoms with E-state index in [2.05, 4.69) is 45.4 Å². The van der Waals surface area contributed by atoms with Gasteiger partial charge in [0, 0.05) is 9.13 Å². The normalized spacial score (nSPS) is 21.6. The van der Waals surface area contributed by atoms with Crippen LogP contribution in [-0.2, 0) is 5.54 Å². The second kappa shape index (κ2) is 4.15. The largest absolute Gasteiger partial charge is 0.328 e. The van der Waals surface area contributed by atoms with Gasteiger partial charge in [0.2, 0.25) is 0 Å². The molecule has 1 aromatic carbocycles. The van der Waals surface area contributed by atoms with Crippen molar-refractivity contribution in [1.29, 1.82) is 0 Å². The highest BCUT2D eigenvalue weighted by Gasteiger charge is 2.40. The van der Waals surface area contributed by atoms with Gasteiger partial charge in [0.25, 0.3) is 0 Å². The minimum absolute atomic E-state index is 0.0523. The fraction of sp³-hybridized carbons (Fsp3) is 0.462. The van der Waals surface area contributed by atoms with Gasteiger partial charge in [0.05, 0.1) is 11.2 Å². The molecule has 1 aliphatic carbocycles. The van der Waals surface area contributed by atoms with Crippen LogP contribution >= 0.6 is 22.6 Å². The van der Waals surface area contributed by atoms with Crippen LogP contribution in [0.2, 0.25) is 0 Å². The van der Waals surface area contributed by atoms with Crippen LogP contribution in [0.4, 0.5) is 10.5 Å². The van der Waals surface area contributed by atoms with E-state index < -0.39 is 0 Å². The molecule has 1 fully saturated rings. The summed E-state index contributed by atoms with van der Waals surface area (Å²) in [7, 11) is 0.